The van der Waals surface area contributed by atoms with Gasteiger partial charge in [-0.1, -0.05) is 50.6 Å². The van der Waals surface area contributed by atoms with Crippen molar-refractivity contribution >= 4 is 33.5 Å². The Kier molecular flexibility index (Phi) is 8.25. The summed E-state index contributed by atoms with van der Waals surface area (Å²) in [6, 6.07) is 12.0. The van der Waals surface area contributed by atoms with E-state index in [1.165, 1.54) is 11.6 Å². The number of aromatic nitrogens is 4. The molecule has 0 saturated carbocycles. The van der Waals surface area contributed by atoms with Crippen molar-refractivity contribution in [3.05, 3.63) is 81.4 Å². The van der Waals surface area contributed by atoms with Crippen LogP contribution in [0.2, 0.25) is 0 Å². The summed E-state index contributed by atoms with van der Waals surface area (Å²) in [6.07, 6.45) is 5.24. The van der Waals surface area contributed by atoms with Crippen molar-refractivity contribution in [3.63, 3.8) is 0 Å². The van der Waals surface area contributed by atoms with Crippen LogP contribution >= 0.6 is 10.6 Å². The third-order valence-electron chi connectivity index (χ3n) is 9.62. The van der Waals surface area contributed by atoms with Gasteiger partial charge in [-0.05, 0) is 46.2 Å². The lowest BCUT2D eigenvalue weighted by molar-refractivity contribution is -0.384. The van der Waals surface area contributed by atoms with E-state index >= 15 is 0 Å². The molecule has 1 aliphatic carbocycles. The molecule has 0 amide bonds. The maximum atomic E-state index is 12.1. The Morgan fingerprint density at radius 3 is 2.41 bits per heavy atom. The molecule has 2 aliphatic heterocycles. The van der Waals surface area contributed by atoms with Crippen LogP contribution in [-0.2, 0) is 6.54 Å². The highest BCUT2D eigenvalue weighted by atomic mass is 32.3. The second kappa shape index (κ2) is 11.9. The topological polar surface area (TPSA) is 171 Å². The van der Waals surface area contributed by atoms with Crippen molar-refractivity contribution in [3.8, 4) is 11.4 Å². The third kappa shape index (κ3) is 6.17. The van der Waals surface area contributed by atoms with Crippen LogP contribution in [0.1, 0.15) is 43.1 Å². The van der Waals surface area contributed by atoms with Gasteiger partial charge >= 0.3 is 5.97 Å². The molecule has 6 rings (SSSR count). The normalized spacial score (nSPS) is 23.2. The lowest BCUT2D eigenvalue weighted by Gasteiger charge is -2.51. The van der Waals surface area contributed by atoms with Gasteiger partial charge in [-0.3, -0.25) is 24.1 Å². The summed E-state index contributed by atoms with van der Waals surface area (Å²) in [6.45, 7) is 10.1. The smallest absolute Gasteiger partial charge is 0.335 e. The van der Waals surface area contributed by atoms with Crippen molar-refractivity contribution in [1.82, 2.24) is 25.1 Å². The van der Waals surface area contributed by atoms with Crippen LogP contribution in [0.25, 0.3) is 17.0 Å². The van der Waals surface area contributed by atoms with E-state index in [2.05, 4.69) is 58.2 Å². The van der Waals surface area contributed by atoms with E-state index in [0.717, 1.165) is 17.6 Å². The number of aromatic carboxylic acids is 1. The number of tetrazole rings is 1. The average Bonchev–Trinajstić information content (AvgIpc) is 3.49. The molecule has 3 aliphatic rings. The number of hydrogen-bond donors (Lipinski definition) is 3. The second-order valence-corrected chi connectivity index (χ2v) is 15.6. The number of rotatable bonds is 8. The lowest BCUT2D eigenvalue weighted by atomic mass is 9.58. The second-order valence-electron chi connectivity index (χ2n) is 13.2. The first-order chi connectivity index (χ1) is 21.8. The van der Waals surface area contributed by atoms with Crippen LogP contribution in [0.5, 0.6) is 0 Å². The largest absolute Gasteiger partial charge is 0.478 e. The number of allylic oxidation sites excluding steroid dienone is 2. The number of non-ortho nitro benzene ring substituents is 1. The fraction of sp³-hybridized carbons (Fsp3) is 0.438. The Labute approximate surface area is 268 Å². The molecule has 0 bridgehead atoms. The highest BCUT2D eigenvalue weighted by molar-refractivity contribution is 8.24. The Morgan fingerprint density at radius 2 is 1.74 bits per heavy atom. The van der Waals surface area contributed by atoms with E-state index in [1.54, 1.807) is 22.9 Å². The zero-order valence-electron chi connectivity index (χ0n) is 26.2. The highest BCUT2D eigenvalue weighted by Crippen LogP contribution is 2.55. The van der Waals surface area contributed by atoms with Crippen LogP contribution in [0.3, 0.4) is 0 Å². The van der Waals surface area contributed by atoms with Crippen molar-refractivity contribution < 1.29 is 23.9 Å². The predicted molar refractivity (Wildman–Crippen MR) is 177 cm³/mol. The summed E-state index contributed by atoms with van der Waals surface area (Å²) in [5, 5.41) is 33.6. The monoisotopic (exact) mass is 649 g/mol. The fourth-order valence-corrected chi connectivity index (χ4v) is 8.50. The number of carboxylic acids is 1. The molecule has 0 radical (unpaired) electrons. The molecule has 1 saturated heterocycles. The van der Waals surface area contributed by atoms with Gasteiger partial charge in [-0.2, -0.15) is 10.6 Å². The quantitative estimate of drug-likeness (QED) is 0.165. The van der Waals surface area contributed by atoms with Gasteiger partial charge in [0.15, 0.2) is 5.82 Å². The Hall–Kier alpha value is -4.11. The van der Waals surface area contributed by atoms with Gasteiger partial charge in [0.05, 0.1) is 28.5 Å². The van der Waals surface area contributed by atoms with Crippen LogP contribution in [0, 0.1) is 20.9 Å². The van der Waals surface area contributed by atoms with E-state index in [4.69, 9.17) is 0 Å². The van der Waals surface area contributed by atoms with E-state index in [-0.39, 0.29) is 22.1 Å². The molecule has 0 unspecified atom stereocenters. The zero-order chi connectivity index (χ0) is 32.9. The maximum absolute atomic E-state index is 12.1. The number of hydrogen-bond acceptors (Lipinski definition) is 10. The highest BCUT2D eigenvalue weighted by Gasteiger charge is 2.46. The van der Waals surface area contributed by atoms with Crippen LogP contribution in [0.15, 0.2) is 60.2 Å². The maximum Gasteiger partial charge on any atom is 0.335 e. The number of nitrogens with zero attached hydrogens (tertiary/aromatic N) is 7. The van der Waals surface area contributed by atoms with Gasteiger partial charge in [0, 0.05) is 66.9 Å². The molecule has 1 aromatic heterocycles. The molecule has 1 atom stereocenters. The standard InChI is InChI=1S/C32H39N7O6S/c1-31(2)27(22-4-6-23(7-5-22)30(40)41)8-10-32(3)21-37(11-9-28(31)32)25-18-24(19-26(20-25)39(42)43)29-33-34-35-38(29)13-12-36-14-16-46(44,45)17-15-36/h4-9,18-20,44-45H,10-17,21H2,1-3H3,(H,40,41)/t32-/m1/s1. The minimum Gasteiger partial charge on any atom is -0.478 e. The molecule has 3 heterocycles. The molecule has 2 aromatic carbocycles. The SMILES string of the molecule is CC1(C)C(c2ccc(C(=O)O)cc2)=CC[C@]2(C)CN(c3cc(-c4nnnn4CCN4CCS(O)(O)CC4)cc([N+](=O)[O-])c3)CC=C12. The third-order valence-corrected chi connectivity index (χ3v) is 11.3. The molecular weight excluding hydrogens is 610 g/mol. The number of benzene rings is 2. The van der Waals surface area contributed by atoms with Crippen molar-refractivity contribution in [2.45, 2.75) is 33.7 Å². The first-order valence-electron chi connectivity index (χ1n) is 15.3. The molecule has 46 heavy (non-hydrogen) atoms. The first-order valence-corrected chi connectivity index (χ1v) is 17.2. The van der Waals surface area contributed by atoms with E-state index in [0.29, 0.717) is 67.8 Å². The van der Waals surface area contributed by atoms with Crippen LogP contribution in [0.4, 0.5) is 11.4 Å². The summed E-state index contributed by atoms with van der Waals surface area (Å²) in [7, 11) is -2.49. The molecular formula is C32H39N7O6S. The first kappa shape index (κ1) is 31.9. The molecule has 13 nitrogen and oxygen atoms in total. The summed E-state index contributed by atoms with van der Waals surface area (Å²) in [5.41, 5.74) is 4.40. The average molecular weight is 650 g/mol. The number of fused-ring (bicyclic) bond motifs is 1. The van der Waals surface area contributed by atoms with E-state index in [9.17, 15) is 29.1 Å². The van der Waals surface area contributed by atoms with Crippen molar-refractivity contribution in [1.29, 1.82) is 0 Å². The molecule has 0 spiro atoms. The minimum atomic E-state index is -2.49. The minimum absolute atomic E-state index is 0.0424. The van der Waals surface area contributed by atoms with Crippen LogP contribution < -0.4 is 4.90 Å². The Bertz CT molecular complexity index is 1720. The van der Waals surface area contributed by atoms with Gasteiger partial charge in [0.2, 0.25) is 0 Å². The lowest BCUT2D eigenvalue weighted by Crippen LogP contribution is -2.47. The van der Waals surface area contributed by atoms with Gasteiger partial charge in [-0.25, -0.2) is 9.48 Å². The van der Waals surface area contributed by atoms with Gasteiger partial charge in [0.25, 0.3) is 5.69 Å². The number of carbonyl (C=O) groups is 1. The van der Waals surface area contributed by atoms with Crippen molar-refractivity contribution in [2.75, 3.05) is 49.1 Å². The predicted octanol–water partition coefficient (Wildman–Crippen LogP) is 5.28. The summed E-state index contributed by atoms with van der Waals surface area (Å²) < 4.78 is 21.5. The fourth-order valence-electron chi connectivity index (χ4n) is 7.20. The number of nitro benzene ring substituents is 1. The molecule has 3 aromatic rings. The Balaban J connectivity index is 1.25. The molecule has 14 heteroatoms. The number of anilines is 1. The summed E-state index contributed by atoms with van der Waals surface area (Å²) in [4.78, 5) is 27.3. The van der Waals surface area contributed by atoms with Crippen molar-refractivity contribution in [2.24, 2.45) is 10.8 Å². The molecule has 3 N–H and O–H groups in total. The summed E-state index contributed by atoms with van der Waals surface area (Å²) in [5.74, 6) is 0.185. The van der Waals surface area contributed by atoms with Gasteiger partial charge in [-0.15, -0.1) is 5.10 Å². The Morgan fingerprint density at radius 1 is 1.02 bits per heavy atom. The molecule has 244 valence electrons. The number of carboxylic acid groups (broad SMARTS) is 1. The number of nitro groups is 1. The van der Waals surface area contributed by atoms with Gasteiger partial charge in [0.1, 0.15) is 0 Å². The van der Waals surface area contributed by atoms with E-state index in [1.807, 2.05) is 18.2 Å². The van der Waals surface area contributed by atoms with E-state index < -0.39 is 21.5 Å². The molecule has 1 fully saturated rings. The van der Waals surface area contributed by atoms with Crippen LogP contribution in [-0.4, -0.2) is 94.4 Å². The zero-order valence-corrected chi connectivity index (χ0v) is 27.0. The van der Waals surface area contributed by atoms with Gasteiger partial charge < -0.3 is 10.0 Å². The summed E-state index contributed by atoms with van der Waals surface area (Å²) >= 11 is 0.